The lowest BCUT2D eigenvalue weighted by molar-refractivity contribution is -0.121. The van der Waals surface area contributed by atoms with Crippen LogP contribution < -0.4 is 21.3 Å². The third-order valence-electron chi connectivity index (χ3n) is 14.5. The molecule has 0 radical (unpaired) electrons. The van der Waals surface area contributed by atoms with Crippen molar-refractivity contribution < 1.29 is 47.6 Å². The van der Waals surface area contributed by atoms with Gasteiger partial charge in [-0.25, -0.2) is 17.6 Å². The first-order valence-electron chi connectivity index (χ1n) is 25.2. The number of aliphatic hydroxyl groups is 4. The van der Waals surface area contributed by atoms with Crippen molar-refractivity contribution >= 4 is 11.8 Å². The van der Waals surface area contributed by atoms with Crippen molar-refractivity contribution in [2.24, 2.45) is 0 Å². The van der Waals surface area contributed by atoms with E-state index in [1.807, 2.05) is 12.1 Å². The van der Waals surface area contributed by atoms with Crippen LogP contribution in [0.2, 0.25) is 0 Å². The zero-order valence-corrected chi connectivity index (χ0v) is 43.4. The van der Waals surface area contributed by atoms with E-state index in [2.05, 4.69) is 106 Å². The highest BCUT2D eigenvalue weighted by atomic mass is 19.1. The zero-order chi connectivity index (χ0) is 53.2. The Morgan fingerprint density at radius 2 is 0.958 bits per heavy atom. The summed E-state index contributed by atoms with van der Waals surface area (Å²) in [6.07, 6.45) is 3.45. The lowest BCUT2D eigenvalue weighted by Gasteiger charge is -2.45. The molecule has 0 aliphatic heterocycles. The second kappa shape index (κ2) is 24.4. The molecule has 0 heterocycles. The van der Waals surface area contributed by atoms with Crippen LogP contribution in [0.25, 0.3) is 0 Å². The van der Waals surface area contributed by atoms with Crippen molar-refractivity contribution in [2.45, 2.75) is 171 Å². The minimum absolute atomic E-state index is 0.00567. The first-order valence-corrected chi connectivity index (χ1v) is 25.2. The zero-order valence-electron chi connectivity index (χ0n) is 43.4. The number of aliphatic hydroxyl groups excluding tert-OH is 3. The van der Waals surface area contributed by atoms with Gasteiger partial charge in [0.2, 0.25) is 11.8 Å². The van der Waals surface area contributed by atoms with Gasteiger partial charge in [-0.05, 0) is 133 Å². The Bertz CT molecular complexity index is 2430. The predicted octanol–water partition coefficient (Wildman–Crippen LogP) is 8.74. The number of halogens is 4. The van der Waals surface area contributed by atoms with Gasteiger partial charge in [-0.2, -0.15) is 0 Å². The lowest BCUT2D eigenvalue weighted by Crippen LogP contribution is -2.55. The fourth-order valence-corrected chi connectivity index (χ4v) is 9.97. The van der Waals surface area contributed by atoms with Gasteiger partial charge in [-0.3, -0.25) is 9.59 Å². The number of carbonyl (C=O) groups excluding carboxylic acids is 2. The molecule has 0 spiro atoms. The molecular weight excluding hydrogens is 925 g/mol. The van der Waals surface area contributed by atoms with Gasteiger partial charge in [-0.1, -0.05) is 102 Å². The van der Waals surface area contributed by atoms with Crippen LogP contribution in [0.3, 0.4) is 0 Å². The topological polar surface area (TPSA) is 163 Å². The summed E-state index contributed by atoms with van der Waals surface area (Å²) in [6, 6.07) is 21.8. The Balaban J connectivity index is 0.000000268. The van der Waals surface area contributed by atoms with Gasteiger partial charge in [0.15, 0.2) is 0 Å². The predicted molar refractivity (Wildman–Crippen MR) is 275 cm³/mol. The molecule has 4 aromatic carbocycles. The molecule has 0 bridgehead atoms. The van der Waals surface area contributed by atoms with Crippen molar-refractivity contribution in [1.29, 1.82) is 0 Å². The largest absolute Gasteiger partial charge is 0.393 e. The summed E-state index contributed by atoms with van der Waals surface area (Å²) in [5.74, 6) is -3.49. The van der Waals surface area contributed by atoms with Crippen LogP contribution in [0.4, 0.5) is 17.6 Å². The molecule has 2 fully saturated rings. The second-order valence-electron chi connectivity index (χ2n) is 22.4. The normalized spacial score (nSPS) is 20.9. The van der Waals surface area contributed by atoms with Gasteiger partial charge in [0.25, 0.3) is 0 Å². The first-order chi connectivity index (χ1) is 33.6. The Morgan fingerprint density at radius 3 is 1.29 bits per heavy atom. The SMILES string of the molecule is C=C1CCC(NC[C@@H](O)[C@H](Cc2cc(F)cc(F)c2)NC(C)=O)(c2cccc(C(C)(C)C)c2)CC1.CC(=O)N[C@@H](Cc1cc(F)cc(F)c1)[C@H](O)CNC1(c2cccc(C(C)(C)C)c2)CCC(O)(CO)CC1. The molecule has 2 saturated carbocycles. The number of benzene rings is 4. The van der Waals surface area contributed by atoms with Gasteiger partial charge >= 0.3 is 0 Å². The van der Waals surface area contributed by atoms with E-state index in [4.69, 9.17) is 0 Å². The number of hydrogen-bond donors (Lipinski definition) is 8. The van der Waals surface area contributed by atoms with E-state index in [-0.39, 0.29) is 60.7 Å². The van der Waals surface area contributed by atoms with Crippen molar-refractivity contribution in [2.75, 3.05) is 19.7 Å². The van der Waals surface area contributed by atoms with Gasteiger partial charge in [-0.15, -0.1) is 0 Å². The van der Waals surface area contributed by atoms with Gasteiger partial charge in [0.05, 0.1) is 36.5 Å². The third kappa shape index (κ3) is 16.3. The number of nitrogens with one attached hydrogen (secondary N) is 4. The molecular formula is C58H78F4N4O6. The van der Waals surface area contributed by atoms with E-state index in [0.717, 1.165) is 48.9 Å². The lowest BCUT2D eigenvalue weighted by atomic mass is 9.70. The standard InChI is InChI=1S/C29H40F2N2O4.C29H38F2N2O2/c1-19(35)33-25(14-20-12-23(30)16-24(31)13-20)26(36)17-32-29(10-8-28(37,18-34)9-11-29)22-7-5-6-21(15-22)27(2,3)4;1-19-9-11-29(12-10-19,23-8-6-7-22(16-23)28(3,4)5)32-18-27(35)26(33-20(2)34)15-21-13-24(30)17-25(31)14-21/h5-7,12-13,15-16,25-26,32,34,36-37H,8-11,14,17-18H2,1-4H3,(H,33,35);6-8,13-14,16-17,26-27,32,35H,1,9-12,15,18H2,2-5H3,(H,33,34)/t25-,26+,28?,29?;26-,27+/m00/s1. The third-order valence-corrected chi connectivity index (χ3v) is 14.5. The molecule has 0 aromatic heterocycles. The molecule has 0 unspecified atom stereocenters. The van der Waals surface area contributed by atoms with E-state index >= 15 is 0 Å². The molecule has 2 aliphatic carbocycles. The number of allylic oxidation sites excluding steroid dienone is 1. The smallest absolute Gasteiger partial charge is 0.217 e. The highest BCUT2D eigenvalue weighted by molar-refractivity contribution is 5.73. The average molecular weight is 1000 g/mol. The number of hydrogen-bond acceptors (Lipinski definition) is 8. The maximum absolute atomic E-state index is 13.7. The summed E-state index contributed by atoms with van der Waals surface area (Å²) in [4.78, 5) is 23.7. The van der Waals surface area contributed by atoms with E-state index < -0.39 is 58.7 Å². The maximum Gasteiger partial charge on any atom is 0.217 e. The highest BCUT2D eigenvalue weighted by Gasteiger charge is 2.43. The van der Waals surface area contributed by atoms with Crippen LogP contribution in [0, 0.1) is 23.3 Å². The van der Waals surface area contributed by atoms with Crippen molar-refractivity contribution in [3.63, 3.8) is 0 Å². The fourth-order valence-electron chi connectivity index (χ4n) is 9.97. The minimum atomic E-state index is -1.15. The van der Waals surface area contributed by atoms with Crippen LogP contribution in [0.5, 0.6) is 0 Å². The summed E-state index contributed by atoms with van der Waals surface area (Å²) in [5.41, 5.74) is 4.39. The van der Waals surface area contributed by atoms with E-state index in [1.54, 1.807) is 0 Å². The van der Waals surface area contributed by atoms with Crippen LogP contribution in [0.15, 0.2) is 97.1 Å². The number of amides is 2. The minimum Gasteiger partial charge on any atom is -0.393 e. The summed E-state index contributed by atoms with van der Waals surface area (Å²) in [5, 5.41) is 55.2. The van der Waals surface area contributed by atoms with Crippen molar-refractivity contribution in [3.8, 4) is 0 Å². The van der Waals surface area contributed by atoms with Gasteiger partial charge in [0.1, 0.15) is 23.3 Å². The highest BCUT2D eigenvalue weighted by Crippen LogP contribution is 2.43. The van der Waals surface area contributed by atoms with Crippen molar-refractivity contribution in [3.05, 3.63) is 154 Å². The van der Waals surface area contributed by atoms with Gasteiger partial charge in [0, 0.05) is 50.1 Å². The number of carbonyl (C=O) groups is 2. The number of rotatable bonds is 17. The fraction of sp³-hybridized carbons (Fsp3) is 0.517. The molecule has 14 heteroatoms. The maximum atomic E-state index is 13.7. The average Bonchev–Trinajstić information content (AvgIpc) is 3.29. The summed E-state index contributed by atoms with van der Waals surface area (Å²) in [7, 11) is 0. The molecule has 72 heavy (non-hydrogen) atoms. The molecule has 4 aromatic rings. The van der Waals surface area contributed by atoms with Crippen LogP contribution in [-0.4, -0.2) is 81.8 Å². The quantitative estimate of drug-likeness (QED) is 0.0385. The second-order valence-corrected chi connectivity index (χ2v) is 22.4. The summed E-state index contributed by atoms with van der Waals surface area (Å²) < 4.78 is 54.9. The van der Waals surface area contributed by atoms with E-state index in [1.165, 1.54) is 54.8 Å². The van der Waals surface area contributed by atoms with E-state index in [0.29, 0.717) is 36.8 Å². The Hall–Kier alpha value is -4.96. The van der Waals surface area contributed by atoms with Crippen LogP contribution >= 0.6 is 0 Å². The summed E-state index contributed by atoms with van der Waals surface area (Å²) >= 11 is 0. The van der Waals surface area contributed by atoms with Crippen molar-refractivity contribution in [1.82, 2.24) is 21.3 Å². The molecule has 8 N–H and O–H groups in total. The molecule has 394 valence electrons. The Labute approximate surface area is 424 Å². The molecule has 6 rings (SSSR count). The monoisotopic (exact) mass is 1000 g/mol. The summed E-state index contributed by atoms with van der Waals surface area (Å²) in [6.45, 7) is 19.8. The van der Waals surface area contributed by atoms with Crippen LogP contribution in [-0.2, 0) is 44.3 Å². The molecule has 2 aliphatic rings. The van der Waals surface area contributed by atoms with Gasteiger partial charge < -0.3 is 41.7 Å². The molecule has 2 amide bonds. The Morgan fingerprint density at radius 1 is 0.597 bits per heavy atom. The molecule has 10 nitrogen and oxygen atoms in total. The van der Waals surface area contributed by atoms with Crippen LogP contribution in [0.1, 0.15) is 140 Å². The molecule has 4 atom stereocenters. The Kier molecular flexibility index (Phi) is 19.6. The molecule has 0 saturated heterocycles. The van der Waals surface area contributed by atoms with E-state index in [9.17, 15) is 47.6 Å². The first kappa shape index (κ1) is 57.9.